The highest BCUT2D eigenvalue weighted by atomic mass is 14.9. The summed E-state index contributed by atoms with van der Waals surface area (Å²) in [5.74, 6) is 0. The van der Waals surface area contributed by atoms with Crippen molar-refractivity contribution < 1.29 is 0 Å². The van der Waals surface area contributed by atoms with Gasteiger partial charge < -0.3 is 9.88 Å². The molecule has 1 aromatic carbocycles. The third-order valence-electron chi connectivity index (χ3n) is 2.93. The molecule has 2 aromatic rings. The van der Waals surface area contributed by atoms with Crippen molar-refractivity contribution in [3.05, 3.63) is 48.7 Å². The van der Waals surface area contributed by atoms with E-state index in [1.54, 1.807) is 0 Å². The van der Waals surface area contributed by atoms with E-state index in [4.69, 9.17) is 0 Å². The van der Waals surface area contributed by atoms with Crippen LogP contribution in [0.1, 0.15) is 19.4 Å². The quantitative estimate of drug-likeness (QED) is 0.777. The van der Waals surface area contributed by atoms with Gasteiger partial charge in [-0.2, -0.15) is 0 Å². The Morgan fingerprint density at radius 2 is 2.18 bits per heavy atom. The van der Waals surface area contributed by atoms with E-state index < -0.39 is 0 Å². The summed E-state index contributed by atoms with van der Waals surface area (Å²) >= 11 is 0. The van der Waals surface area contributed by atoms with E-state index in [-0.39, 0.29) is 0 Å². The Hall–Kier alpha value is -1.54. The Kier molecular flexibility index (Phi) is 3.64. The Labute approximate surface area is 103 Å². The first-order valence-electron chi connectivity index (χ1n) is 6.13. The summed E-state index contributed by atoms with van der Waals surface area (Å²) in [5, 5.41) is 4.80. The zero-order chi connectivity index (χ0) is 12.3. The van der Waals surface area contributed by atoms with E-state index >= 15 is 0 Å². The average Bonchev–Trinajstić information content (AvgIpc) is 2.71. The number of hydrogen-bond donors (Lipinski definition) is 1. The van der Waals surface area contributed by atoms with Crippen LogP contribution in [0, 0.1) is 0 Å². The van der Waals surface area contributed by atoms with Crippen LogP contribution in [0.25, 0.3) is 10.9 Å². The van der Waals surface area contributed by atoms with Crippen LogP contribution in [-0.2, 0) is 13.1 Å². The second-order valence-corrected chi connectivity index (χ2v) is 4.64. The van der Waals surface area contributed by atoms with E-state index in [9.17, 15) is 0 Å². The summed E-state index contributed by atoms with van der Waals surface area (Å²) in [5.41, 5.74) is 2.65. The molecule has 0 spiro atoms. The lowest BCUT2D eigenvalue weighted by atomic mass is 10.1. The van der Waals surface area contributed by atoms with E-state index in [0.29, 0.717) is 6.04 Å². The number of nitrogens with zero attached hydrogens (tertiary/aromatic N) is 1. The van der Waals surface area contributed by atoms with Gasteiger partial charge in [-0.15, -0.1) is 6.58 Å². The molecule has 2 heteroatoms. The van der Waals surface area contributed by atoms with Gasteiger partial charge in [0.2, 0.25) is 0 Å². The van der Waals surface area contributed by atoms with Crippen LogP contribution in [0.4, 0.5) is 0 Å². The molecule has 0 amide bonds. The zero-order valence-electron chi connectivity index (χ0n) is 10.6. The van der Waals surface area contributed by atoms with Crippen LogP contribution >= 0.6 is 0 Å². The minimum atomic E-state index is 0.514. The molecule has 2 nitrogen and oxygen atoms in total. The van der Waals surface area contributed by atoms with Gasteiger partial charge in [0.15, 0.2) is 0 Å². The first-order valence-corrected chi connectivity index (χ1v) is 6.13. The van der Waals surface area contributed by atoms with Gasteiger partial charge in [0.1, 0.15) is 0 Å². The molecule has 0 saturated carbocycles. The Bertz CT molecular complexity index is 509. The summed E-state index contributed by atoms with van der Waals surface area (Å²) in [6, 6.07) is 9.18. The molecule has 0 saturated heterocycles. The summed E-state index contributed by atoms with van der Waals surface area (Å²) in [7, 11) is 0. The zero-order valence-corrected chi connectivity index (χ0v) is 10.6. The predicted molar refractivity (Wildman–Crippen MR) is 74.1 cm³/mol. The largest absolute Gasteiger partial charge is 0.344 e. The number of benzene rings is 1. The maximum absolute atomic E-state index is 3.79. The fourth-order valence-electron chi connectivity index (χ4n) is 2.05. The van der Waals surface area contributed by atoms with Crippen LogP contribution in [0.3, 0.4) is 0 Å². The van der Waals surface area contributed by atoms with Gasteiger partial charge in [-0.05, 0) is 17.7 Å². The van der Waals surface area contributed by atoms with Crippen LogP contribution in [0.2, 0.25) is 0 Å². The molecule has 0 bridgehead atoms. The first-order chi connectivity index (χ1) is 8.22. The molecule has 0 radical (unpaired) electrons. The highest BCUT2D eigenvalue weighted by Gasteiger charge is 2.04. The van der Waals surface area contributed by atoms with E-state index in [1.165, 1.54) is 16.5 Å². The number of aromatic nitrogens is 1. The number of allylic oxidation sites excluding steroid dienone is 1. The minimum absolute atomic E-state index is 0.514. The van der Waals surface area contributed by atoms with Crippen LogP contribution in [0.5, 0.6) is 0 Å². The number of rotatable bonds is 5. The molecule has 0 atom stereocenters. The number of fused-ring (bicyclic) bond motifs is 1. The third-order valence-corrected chi connectivity index (χ3v) is 2.93. The van der Waals surface area contributed by atoms with Gasteiger partial charge in [0, 0.05) is 36.2 Å². The molecular formula is C15H20N2. The highest BCUT2D eigenvalue weighted by Crippen LogP contribution is 2.20. The monoisotopic (exact) mass is 228 g/mol. The van der Waals surface area contributed by atoms with Crippen LogP contribution < -0.4 is 5.32 Å². The Balaban J connectivity index is 2.34. The molecule has 17 heavy (non-hydrogen) atoms. The van der Waals surface area contributed by atoms with Crippen molar-refractivity contribution in [3.63, 3.8) is 0 Å². The van der Waals surface area contributed by atoms with Gasteiger partial charge in [0.25, 0.3) is 0 Å². The third kappa shape index (κ3) is 2.59. The molecule has 1 aromatic heterocycles. The van der Waals surface area contributed by atoms with Crippen LogP contribution in [-0.4, -0.2) is 10.6 Å². The fourth-order valence-corrected chi connectivity index (χ4v) is 2.05. The Morgan fingerprint density at radius 3 is 2.88 bits per heavy atom. The lowest BCUT2D eigenvalue weighted by Gasteiger charge is -2.09. The van der Waals surface area contributed by atoms with Gasteiger partial charge in [-0.25, -0.2) is 0 Å². The molecule has 1 heterocycles. The lowest BCUT2D eigenvalue weighted by molar-refractivity contribution is 0.590. The number of nitrogens with one attached hydrogen (secondary N) is 1. The van der Waals surface area contributed by atoms with Gasteiger partial charge in [0.05, 0.1) is 0 Å². The van der Waals surface area contributed by atoms with E-state index in [1.807, 2.05) is 6.08 Å². The molecule has 90 valence electrons. The molecule has 0 aliphatic rings. The van der Waals surface area contributed by atoms with Gasteiger partial charge in [-0.3, -0.25) is 0 Å². The second-order valence-electron chi connectivity index (χ2n) is 4.64. The average molecular weight is 228 g/mol. The predicted octanol–water partition coefficient (Wildman–Crippen LogP) is 3.33. The second kappa shape index (κ2) is 5.19. The van der Waals surface area contributed by atoms with Gasteiger partial charge >= 0.3 is 0 Å². The molecular weight excluding hydrogens is 208 g/mol. The SMILES string of the molecule is C=CCn1ccc2c(CNC(C)C)cccc21. The number of hydrogen-bond acceptors (Lipinski definition) is 1. The van der Waals surface area contributed by atoms with Gasteiger partial charge in [-0.1, -0.05) is 32.1 Å². The van der Waals surface area contributed by atoms with E-state index in [2.05, 4.69) is 60.8 Å². The minimum Gasteiger partial charge on any atom is -0.344 e. The van der Waals surface area contributed by atoms with Crippen LogP contribution in [0.15, 0.2) is 43.1 Å². The maximum Gasteiger partial charge on any atom is 0.0486 e. The highest BCUT2D eigenvalue weighted by molar-refractivity contribution is 5.83. The summed E-state index contributed by atoms with van der Waals surface area (Å²) < 4.78 is 2.22. The molecule has 0 aliphatic carbocycles. The molecule has 1 N–H and O–H groups in total. The van der Waals surface area contributed by atoms with Crippen molar-refractivity contribution in [2.24, 2.45) is 0 Å². The Morgan fingerprint density at radius 1 is 1.35 bits per heavy atom. The van der Waals surface area contributed by atoms with Crippen molar-refractivity contribution in [2.75, 3.05) is 0 Å². The first kappa shape index (κ1) is 11.9. The topological polar surface area (TPSA) is 17.0 Å². The molecule has 2 rings (SSSR count). The smallest absolute Gasteiger partial charge is 0.0486 e. The maximum atomic E-state index is 3.79. The summed E-state index contributed by atoms with van der Waals surface area (Å²) in [6.07, 6.45) is 4.06. The van der Waals surface area contributed by atoms with Crippen molar-refractivity contribution in [3.8, 4) is 0 Å². The normalized spacial score (nSPS) is 11.2. The van der Waals surface area contributed by atoms with Crippen molar-refractivity contribution >= 4 is 10.9 Å². The summed E-state index contributed by atoms with van der Waals surface area (Å²) in [6.45, 7) is 9.92. The summed E-state index contributed by atoms with van der Waals surface area (Å²) in [4.78, 5) is 0. The van der Waals surface area contributed by atoms with Crippen molar-refractivity contribution in [1.29, 1.82) is 0 Å². The molecule has 0 fully saturated rings. The van der Waals surface area contributed by atoms with Crippen molar-refractivity contribution in [2.45, 2.75) is 33.0 Å². The lowest BCUT2D eigenvalue weighted by Crippen LogP contribution is -2.21. The molecule has 0 aliphatic heterocycles. The van der Waals surface area contributed by atoms with Crippen molar-refractivity contribution in [1.82, 2.24) is 9.88 Å². The standard InChI is InChI=1S/C15H20N2/c1-4-9-17-10-8-14-13(11-16-12(2)3)6-5-7-15(14)17/h4-8,10,12,16H,1,9,11H2,2-3H3. The van der Waals surface area contributed by atoms with E-state index in [0.717, 1.165) is 13.1 Å². The molecule has 0 unspecified atom stereocenters. The fraction of sp³-hybridized carbons (Fsp3) is 0.333.